The summed E-state index contributed by atoms with van der Waals surface area (Å²) in [6.07, 6.45) is 1.48. The largest absolute Gasteiger partial charge is 0.484 e. The van der Waals surface area contributed by atoms with Crippen molar-refractivity contribution in [2.24, 2.45) is 0 Å². The van der Waals surface area contributed by atoms with Gasteiger partial charge in [0, 0.05) is 26.2 Å². The molecule has 0 N–H and O–H groups in total. The molecule has 0 atom stereocenters. The molecular weight excluding hydrogens is 327 g/mol. The fourth-order valence-electron chi connectivity index (χ4n) is 2.64. The van der Waals surface area contributed by atoms with Gasteiger partial charge in [0.05, 0.1) is 12.8 Å². The maximum atomic E-state index is 12.8. The van der Waals surface area contributed by atoms with Crippen molar-refractivity contribution in [3.05, 3.63) is 54.2 Å². The number of amides is 1. The molecule has 1 aromatic carbocycles. The molecule has 6 nitrogen and oxygen atoms in total. The number of ketones is 1. The number of hydrogen-bond acceptors (Lipinski definition) is 5. The summed E-state index contributed by atoms with van der Waals surface area (Å²) in [5.74, 6) is 0.272. The predicted molar refractivity (Wildman–Crippen MR) is 88.0 cm³/mol. The molecule has 132 valence electrons. The van der Waals surface area contributed by atoms with Crippen molar-refractivity contribution in [3.63, 3.8) is 0 Å². The molecule has 7 heteroatoms. The lowest BCUT2D eigenvalue weighted by Crippen LogP contribution is -2.51. The molecule has 1 aliphatic heterocycles. The number of Topliss-reactive ketones (excluding diaryl/α,β-unsaturated/α-hetero) is 1. The van der Waals surface area contributed by atoms with E-state index in [0.29, 0.717) is 37.7 Å². The molecule has 1 aromatic heterocycles. The lowest BCUT2D eigenvalue weighted by Gasteiger charge is -2.34. The SMILES string of the molecule is O=C(CN1CCN(C(=O)COc2ccc(F)cc2)CC1)c1ccco1. The summed E-state index contributed by atoms with van der Waals surface area (Å²) in [7, 11) is 0. The van der Waals surface area contributed by atoms with Crippen LogP contribution in [0.25, 0.3) is 0 Å². The van der Waals surface area contributed by atoms with E-state index in [1.54, 1.807) is 17.0 Å². The first-order chi connectivity index (χ1) is 12.1. The number of carbonyl (C=O) groups is 2. The maximum absolute atomic E-state index is 12.8. The second-order valence-corrected chi connectivity index (χ2v) is 5.80. The minimum atomic E-state index is -0.348. The Kier molecular flexibility index (Phi) is 5.45. The smallest absolute Gasteiger partial charge is 0.260 e. The Morgan fingerprint density at radius 3 is 2.44 bits per heavy atom. The van der Waals surface area contributed by atoms with Gasteiger partial charge in [-0.3, -0.25) is 14.5 Å². The number of furan rings is 1. The molecule has 1 amide bonds. The molecule has 1 fully saturated rings. The van der Waals surface area contributed by atoms with Gasteiger partial charge < -0.3 is 14.1 Å². The van der Waals surface area contributed by atoms with Crippen molar-refractivity contribution in [2.75, 3.05) is 39.3 Å². The molecule has 0 spiro atoms. The standard InChI is InChI=1S/C18H19FN2O4/c19-14-3-5-15(6-4-14)25-13-18(23)21-9-7-20(8-10-21)12-16(22)17-2-1-11-24-17/h1-6,11H,7-10,12-13H2. The average molecular weight is 346 g/mol. The second kappa shape index (κ2) is 7.94. The number of hydrogen-bond donors (Lipinski definition) is 0. The second-order valence-electron chi connectivity index (χ2n) is 5.80. The fraction of sp³-hybridized carbons (Fsp3) is 0.333. The van der Waals surface area contributed by atoms with Crippen molar-refractivity contribution < 1.29 is 23.1 Å². The topological polar surface area (TPSA) is 63.0 Å². The van der Waals surface area contributed by atoms with E-state index < -0.39 is 0 Å². The Morgan fingerprint density at radius 1 is 1.08 bits per heavy atom. The number of halogens is 1. The Labute approximate surface area is 144 Å². The summed E-state index contributed by atoms with van der Waals surface area (Å²) in [6.45, 7) is 2.51. The van der Waals surface area contributed by atoms with Crippen LogP contribution in [0.5, 0.6) is 5.75 Å². The van der Waals surface area contributed by atoms with Crippen LogP contribution < -0.4 is 4.74 Å². The molecule has 0 bridgehead atoms. The van der Waals surface area contributed by atoms with Crippen molar-refractivity contribution in [1.82, 2.24) is 9.80 Å². The number of carbonyl (C=O) groups excluding carboxylic acids is 2. The van der Waals surface area contributed by atoms with E-state index in [-0.39, 0.29) is 30.7 Å². The van der Waals surface area contributed by atoms with Crippen molar-refractivity contribution in [3.8, 4) is 5.75 Å². The van der Waals surface area contributed by atoms with Crippen LogP contribution in [0, 0.1) is 5.82 Å². The highest BCUT2D eigenvalue weighted by Crippen LogP contribution is 2.12. The summed E-state index contributed by atoms with van der Waals surface area (Å²) in [4.78, 5) is 27.9. The highest BCUT2D eigenvalue weighted by molar-refractivity contribution is 5.95. The molecule has 0 saturated carbocycles. The van der Waals surface area contributed by atoms with Gasteiger partial charge in [0.2, 0.25) is 5.78 Å². The van der Waals surface area contributed by atoms with Gasteiger partial charge in [0.25, 0.3) is 5.91 Å². The van der Waals surface area contributed by atoms with Crippen molar-refractivity contribution in [2.45, 2.75) is 0 Å². The summed E-state index contributed by atoms with van der Waals surface area (Å²) in [5, 5.41) is 0. The molecule has 3 rings (SSSR count). The van der Waals surface area contributed by atoms with Crippen LogP contribution in [0.2, 0.25) is 0 Å². The van der Waals surface area contributed by atoms with Crippen LogP contribution >= 0.6 is 0 Å². The first kappa shape index (κ1) is 17.2. The number of piperazine rings is 1. The van der Waals surface area contributed by atoms with Gasteiger partial charge in [0.1, 0.15) is 11.6 Å². The van der Waals surface area contributed by atoms with Gasteiger partial charge in [-0.1, -0.05) is 0 Å². The first-order valence-corrected chi connectivity index (χ1v) is 8.07. The van der Waals surface area contributed by atoms with Crippen molar-refractivity contribution >= 4 is 11.7 Å². The molecule has 1 aliphatic rings. The van der Waals surface area contributed by atoms with E-state index in [0.717, 1.165) is 0 Å². The zero-order valence-corrected chi connectivity index (χ0v) is 13.7. The molecule has 2 heterocycles. The minimum absolute atomic E-state index is 0.0654. The normalized spacial score (nSPS) is 15.2. The van der Waals surface area contributed by atoms with E-state index in [4.69, 9.17) is 9.15 Å². The van der Waals surface area contributed by atoms with Gasteiger partial charge in [-0.15, -0.1) is 0 Å². The zero-order valence-electron chi connectivity index (χ0n) is 13.7. The predicted octanol–water partition coefficient (Wildman–Crippen LogP) is 1.82. The highest BCUT2D eigenvalue weighted by Gasteiger charge is 2.23. The van der Waals surface area contributed by atoms with Crippen LogP contribution in [-0.4, -0.2) is 60.8 Å². The summed E-state index contributed by atoms with van der Waals surface area (Å²) in [5.41, 5.74) is 0. The molecule has 0 radical (unpaired) electrons. The minimum Gasteiger partial charge on any atom is -0.484 e. The number of ether oxygens (including phenoxy) is 1. The summed E-state index contributed by atoms with van der Waals surface area (Å²) in [6, 6.07) is 8.88. The monoisotopic (exact) mass is 346 g/mol. The lowest BCUT2D eigenvalue weighted by molar-refractivity contribution is -0.135. The van der Waals surface area contributed by atoms with Gasteiger partial charge in [-0.05, 0) is 36.4 Å². The Balaban J connectivity index is 1.41. The van der Waals surface area contributed by atoms with Gasteiger partial charge >= 0.3 is 0 Å². The molecule has 2 aromatic rings. The van der Waals surface area contributed by atoms with Gasteiger partial charge in [-0.2, -0.15) is 0 Å². The average Bonchev–Trinajstić information content (AvgIpc) is 3.16. The molecule has 0 unspecified atom stereocenters. The quantitative estimate of drug-likeness (QED) is 0.747. The Bertz CT molecular complexity index is 707. The Hall–Kier alpha value is -2.67. The van der Waals surface area contributed by atoms with Crippen LogP contribution in [0.1, 0.15) is 10.6 Å². The van der Waals surface area contributed by atoms with E-state index in [2.05, 4.69) is 0 Å². The molecule has 0 aliphatic carbocycles. The van der Waals surface area contributed by atoms with Gasteiger partial charge in [-0.25, -0.2) is 4.39 Å². The summed E-state index contributed by atoms with van der Waals surface area (Å²) < 4.78 is 23.3. The van der Waals surface area contributed by atoms with Crippen LogP contribution in [0.4, 0.5) is 4.39 Å². The van der Waals surface area contributed by atoms with Crippen LogP contribution in [-0.2, 0) is 4.79 Å². The Morgan fingerprint density at radius 2 is 1.80 bits per heavy atom. The van der Waals surface area contributed by atoms with E-state index in [1.165, 1.54) is 30.5 Å². The number of benzene rings is 1. The van der Waals surface area contributed by atoms with Gasteiger partial charge in [0.15, 0.2) is 12.4 Å². The number of nitrogens with zero attached hydrogens (tertiary/aromatic N) is 2. The molecule has 1 saturated heterocycles. The van der Waals surface area contributed by atoms with E-state index >= 15 is 0 Å². The van der Waals surface area contributed by atoms with Crippen molar-refractivity contribution in [1.29, 1.82) is 0 Å². The maximum Gasteiger partial charge on any atom is 0.260 e. The lowest BCUT2D eigenvalue weighted by atomic mass is 10.2. The number of rotatable bonds is 6. The van der Waals surface area contributed by atoms with E-state index in [1.807, 2.05) is 4.90 Å². The third-order valence-electron chi connectivity index (χ3n) is 4.06. The zero-order chi connectivity index (χ0) is 17.6. The summed E-state index contributed by atoms with van der Waals surface area (Å²) >= 11 is 0. The fourth-order valence-corrected chi connectivity index (χ4v) is 2.64. The third-order valence-corrected chi connectivity index (χ3v) is 4.06. The molecular formula is C18H19FN2O4. The van der Waals surface area contributed by atoms with Crippen LogP contribution in [0.3, 0.4) is 0 Å². The third kappa shape index (κ3) is 4.67. The van der Waals surface area contributed by atoms with Crippen LogP contribution in [0.15, 0.2) is 47.1 Å². The first-order valence-electron chi connectivity index (χ1n) is 8.07. The van der Waals surface area contributed by atoms with E-state index in [9.17, 15) is 14.0 Å². The highest BCUT2D eigenvalue weighted by atomic mass is 19.1. The molecule has 25 heavy (non-hydrogen) atoms.